The highest BCUT2D eigenvalue weighted by molar-refractivity contribution is 7.89. The van der Waals surface area contributed by atoms with E-state index in [4.69, 9.17) is 0 Å². The van der Waals surface area contributed by atoms with Crippen LogP contribution in [0.1, 0.15) is 28.8 Å². The van der Waals surface area contributed by atoms with E-state index in [1.54, 1.807) is 0 Å². The predicted octanol–water partition coefficient (Wildman–Crippen LogP) is 2.51. The average Bonchev–Trinajstić information content (AvgIpc) is 3.16. The number of halogens is 3. The van der Waals surface area contributed by atoms with Crippen LogP contribution in [-0.2, 0) is 25.8 Å². The summed E-state index contributed by atoms with van der Waals surface area (Å²) >= 11 is 0. The van der Waals surface area contributed by atoms with Gasteiger partial charge >= 0.3 is 6.18 Å². The van der Waals surface area contributed by atoms with Gasteiger partial charge in [0.2, 0.25) is 21.8 Å². The zero-order valence-electron chi connectivity index (χ0n) is 17.8. The molecule has 0 aliphatic carbocycles. The number of amides is 3. The van der Waals surface area contributed by atoms with Crippen LogP contribution in [0.15, 0.2) is 53.4 Å². The van der Waals surface area contributed by atoms with Crippen LogP contribution in [0.5, 0.6) is 0 Å². The first kappa shape index (κ1) is 23.9. The van der Waals surface area contributed by atoms with Crippen molar-refractivity contribution < 1.29 is 36.0 Å². The summed E-state index contributed by atoms with van der Waals surface area (Å²) in [5.74, 6) is -0.930. The van der Waals surface area contributed by atoms with Gasteiger partial charge in [0.15, 0.2) is 0 Å². The molecule has 0 bridgehead atoms. The number of carbonyl (C=O) groups is 3. The van der Waals surface area contributed by atoms with Gasteiger partial charge in [-0.05, 0) is 48.5 Å². The maximum Gasteiger partial charge on any atom is 0.416 e. The molecule has 2 aliphatic rings. The minimum absolute atomic E-state index is 0.00996. The molecule has 34 heavy (non-hydrogen) atoms. The van der Waals surface area contributed by atoms with E-state index in [2.05, 4.69) is 0 Å². The fourth-order valence-electron chi connectivity index (χ4n) is 3.90. The highest BCUT2D eigenvalue weighted by Gasteiger charge is 2.34. The van der Waals surface area contributed by atoms with Crippen molar-refractivity contribution in [2.75, 3.05) is 31.1 Å². The zero-order valence-corrected chi connectivity index (χ0v) is 18.6. The highest BCUT2D eigenvalue weighted by Crippen LogP contribution is 2.30. The Kier molecular flexibility index (Phi) is 6.21. The van der Waals surface area contributed by atoms with Crippen molar-refractivity contribution in [3.63, 3.8) is 0 Å². The van der Waals surface area contributed by atoms with Gasteiger partial charge in [-0.1, -0.05) is 0 Å². The number of anilines is 1. The Morgan fingerprint density at radius 3 is 1.82 bits per heavy atom. The topological polar surface area (TPSA) is 95.1 Å². The molecule has 2 heterocycles. The minimum atomic E-state index is -4.56. The lowest BCUT2D eigenvalue weighted by molar-refractivity contribution is -0.137. The van der Waals surface area contributed by atoms with E-state index in [1.165, 1.54) is 29.2 Å². The fourth-order valence-corrected chi connectivity index (χ4v) is 5.32. The first-order valence-corrected chi connectivity index (χ1v) is 11.8. The van der Waals surface area contributed by atoms with E-state index in [-0.39, 0.29) is 61.6 Å². The van der Waals surface area contributed by atoms with Gasteiger partial charge in [-0.2, -0.15) is 17.5 Å². The summed E-state index contributed by atoms with van der Waals surface area (Å²) in [5, 5.41) is 0. The first-order valence-electron chi connectivity index (χ1n) is 10.4. The predicted molar refractivity (Wildman–Crippen MR) is 114 cm³/mol. The van der Waals surface area contributed by atoms with Crippen molar-refractivity contribution in [1.29, 1.82) is 0 Å². The lowest BCUT2D eigenvalue weighted by Crippen LogP contribution is -2.50. The summed E-state index contributed by atoms with van der Waals surface area (Å²) in [6, 6.07) is 9.32. The maximum absolute atomic E-state index is 12.8. The number of hydrogen-bond donors (Lipinski definition) is 0. The molecule has 2 aromatic rings. The van der Waals surface area contributed by atoms with Crippen LogP contribution in [0.4, 0.5) is 18.9 Å². The standard InChI is InChI=1S/C22H20F3N3O5S/c23-22(24,25)16-3-7-18(8-4-16)34(32,33)27-13-11-26(12-14-27)21(31)15-1-5-17(6-2-15)28-19(29)9-10-20(28)30/h1-8H,9-14H2. The normalized spacial score (nSPS) is 18.0. The fraction of sp³-hybridized carbons (Fsp3) is 0.318. The molecule has 0 aromatic heterocycles. The van der Waals surface area contributed by atoms with Gasteiger partial charge in [-0.25, -0.2) is 8.42 Å². The molecule has 2 fully saturated rings. The van der Waals surface area contributed by atoms with Crippen molar-refractivity contribution in [3.8, 4) is 0 Å². The Balaban J connectivity index is 1.40. The SMILES string of the molecule is O=C(c1ccc(N2C(=O)CCC2=O)cc1)N1CCN(S(=O)(=O)c2ccc(C(F)(F)F)cc2)CC1. The summed E-state index contributed by atoms with van der Waals surface area (Å²) < 4.78 is 64.9. The molecule has 4 rings (SSSR count). The molecule has 2 saturated heterocycles. The van der Waals surface area contributed by atoms with Gasteiger partial charge in [-0.15, -0.1) is 0 Å². The molecular formula is C22H20F3N3O5S. The third-order valence-corrected chi connectivity index (χ3v) is 7.68. The third-order valence-electron chi connectivity index (χ3n) is 5.77. The van der Waals surface area contributed by atoms with E-state index >= 15 is 0 Å². The molecule has 8 nitrogen and oxygen atoms in total. The number of hydrogen-bond acceptors (Lipinski definition) is 5. The first-order chi connectivity index (χ1) is 16.0. The van der Waals surface area contributed by atoms with Crippen LogP contribution in [0.25, 0.3) is 0 Å². The number of piperazine rings is 1. The van der Waals surface area contributed by atoms with Crippen LogP contribution < -0.4 is 4.90 Å². The Labute approximate surface area is 193 Å². The quantitative estimate of drug-likeness (QED) is 0.608. The molecule has 0 radical (unpaired) electrons. The smallest absolute Gasteiger partial charge is 0.336 e. The van der Waals surface area contributed by atoms with Crippen LogP contribution in [-0.4, -0.2) is 61.5 Å². The summed E-state index contributed by atoms with van der Waals surface area (Å²) in [5.41, 5.74) is -0.232. The van der Waals surface area contributed by atoms with E-state index in [1.807, 2.05) is 0 Å². The largest absolute Gasteiger partial charge is 0.416 e. The molecule has 0 atom stereocenters. The van der Waals surface area contributed by atoms with Gasteiger partial charge < -0.3 is 4.90 Å². The van der Waals surface area contributed by atoms with Crippen LogP contribution in [0.3, 0.4) is 0 Å². The molecule has 0 spiro atoms. The van der Waals surface area contributed by atoms with Crippen LogP contribution in [0, 0.1) is 0 Å². The van der Waals surface area contributed by atoms with Crippen molar-refractivity contribution in [1.82, 2.24) is 9.21 Å². The Bertz CT molecular complexity index is 1200. The van der Waals surface area contributed by atoms with E-state index in [9.17, 15) is 36.0 Å². The molecule has 180 valence electrons. The van der Waals surface area contributed by atoms with Gasteiger partial charge in [0.1, 0.15) is 0 Å². The highest BCUT2D eigenvalue weighted by atomic mass is 32.2. The van der Waals surface area contributed by atoms with Gasteiger partial charge in [0, 0.05) is 44.6 Å². The summed E-state index contributed by atoms with van der Waals surface area (Å²) in [6.07, 6.45) is -4.26. The second-order valence-electron chi connectivity index (χ2n) is 7.89. The molecule has 12 heteroatoms. The second-order valence-corrected chi connectivity index (χ2v) is 9.83. The minimum Gasteiger partial charge on any atom is -0.336 e. The maximum atomic E-state index is 12.8. The van der Waals surface area contributed by atoms with E-state index in [0.29, 0.717) is 11.3 Å². The zero-order chi connectivity index (χ0) is 24.7. The van der Waals surface area contributed by atoms with Crippen molar-refractivity contribution in [3.05, 3.63) is 59.7 Å². The van der Waals surface area contributed by atoms with Crippen molar-refractivity contribution in [2.24, 2.45) is 0 Å². The monoisotopic (exact) mass is 495 g/mol. The molecule has 0 unspecified atom stereocenters. The van der Waals surface area contributed by atoms with Crippen molar-refractivity contribution in [2.45, 2.75) is 23.9 Å². The summed E-state index contributed by atoms with van der Waals surface area (Å²) in [6.45, 7) is 0.182. The second kappa shape index (κ2) is 8.84. The van der Waals surface area contributed by atoms with Crippen molar-refractivity contribution >= 4 is 33.4 Å². The van der Waals surface area contributed by atoms with Gasteiger partial charge in [0.05, 0.1) is 16.1 Å². The number of benzene rings is 2. The molecule has 3 amide bonds. The average molecular weight is 495 g/mol. The van der Waals surface area contributed by atoms with Crippen LogP contribution >= 0.6 is 0 Å². The number of carbonyl (C=O) groups excluding carboxylic acids is 3. The van der Waals surface area contributed by atoms with Gasteiger partial charge in [0.25, 0.3) is 5.91 Å². The molecule has 2 aromatic carbocycles. The number of nitrogens with zero attached hydrogens (tertiary/aromatic N) is 3. The van der Waals surface area contributed by atoms with E-state index in [0.717, 1.165) is 33.5 Å². The summed E-state index contributed by atoms with van der Waals surface area (Å²) in [4.78, 5) is 38.8. The third kappa shape index (κ3) is 4.55. The van der Waals surface area contributed by atoms with E-state index < -0.39 is 21.8 Å². The molecule has 2 aliphatic heterocycles. The lowest BCUT2D eigenvalue weighted by Gasteiger charge is -2.34. The number of alkyl halides is 3. The molecule has 0 saturated carbocycles. The number of rotatable bonds is 4. The Hall–Kier alpha value is -3.25. The Morgan fingerprint density at radius 2 is 1.32 bits per heavy atom. The summed E-state index contributed by atoms with van der Waals surface area (Å²) in [7, 11) is -4.00. The lowest BCUT2D eigenvalue weighted by atomic mass is 10.1. The van der Waals surface area contributed by atoms with Gasteiger partial charge in [-0.3, -0.25) is 19.3 Å². The number of sulfonamides is 1. The van der Waals surface area contributed by atoms with Crippen LogP contribution in [0.2, 0.25) is 0 Å². The number of imide groups is 1. The molecular weight excluding hydrogens is 475 g/mol. The molecule has 0 N–H and O–H groups in total. The Morgan fingerprint density at radius 1 is 0.794 bits per heavy atom.